The number of carbonyl (C=O) groups is 1. The number of alkyl halides is 1. The van der Waals surface area contributed by atoms with Gasteiger partial charge < -0.3 is 15.0 Å². The number of halogens is 2. The van der Waals surface area contributed by atoms with Gasteiger partial charge >= 0.3 is 0 Å². The summed E-state index contributed by atoms with van der Waals surface area (Å²) in [4.78, 5) is 23.2. The van der Waals surface area contributed by atoms with Crippen molar-refractivity contribution < 1.29 is 18.3 Å². The lowest BCUT2D eigenvalue weighted by atomic mass is 9.86. The van der Waals surface area contributed by atoms with Gasteiger partial charge in [-0.1, -0.05) is 19.1 Å². The lowest BCUT2D eigenvalue weighted by Crippen LogP contribution is -2.36. The van der Waals surface area contributed by atoms with Crippen LogP contribution < -0.4 is 15.0 Å². The van der Waals surface area contributed by atoms with E-state index in [0.717, 1.165) is 55.0 Å². The Bertz CT molecular complexity index is 1020. The SMILES string of the molecule is CCc1cnc(N2CCC(COc3ccc(C4=CCC(C(=O)NCCF)CC4)cc3F)CC2)nc1. The molecule has 0 spiro atoms. The van der Waals surface area contributed by atoms with E-state index in [4.69, 9.17) is 4.74 Å². The number of hydrogen-bond donors (Lipinski definition) is 1. The molecule has 6 nitrogen and oxygen atoms in total. The number of anilines is 1. The second kappa shape index (κ2) is 12.1. The second-order valence-electron chi connectivity index (χ2n) is 9.31. The number of nitrogens with zero attached hydrogens (tertiary/aromatic N) is 3. The summed E-state index contributed by atoms with van der Waals surface area (Å²) < 4.78 is 32.9. The molecule has 188 valence electrons. The summed E-state index contributed by atoms with van der Waals surface area (Å²) in [5.74, 6) is 0.781. The molecule has 4 rings (SSSR count). The van der Waals surface area contributed by atoms with Gasteiger partial charge in [-0.05, 0) is 73.3 Å². The zero-order valence-electron chi connectivity index (χ0n) is 20.3. The highest BCUT2D eigenvalue weighted by molar-refractivity contribution is 5.80. The molecule has 1 unspecified atom stereocenters. The molecule has 1 atom stereocenters. The average Bonchev–Trinajstić information content (AvgIpc) is 2.91. The van der Waals surface area contributed by atoms with Gasteiger partial charge in [0.15, 0.2) is 11.6 Å². The van der Waals surface area contributed by atoms with Gasteiger partial charge in [0, 0.05) is 37.9 Å². The Morgan fingerprint density at radius 2 is 1.97 bits per heavy atom. The van der Waals surface area contributed by atoms with Crippen LogP contribution in [0.15, 0.2) is 36.7 Å². The molecule has 2 heterocycles. The molecule has 0 radical (unpaired) electrons. The smallest absolute Gasteiger partial charge is 0.225 e. The topological polar surface area (TPSA) is 67.4 Å². The molecule has 1 aliphatic heterocycles. The molecule has 1 N–H and O–H groups in total. The number of piperidine rings is 1. The third-order valence-electron chi connectivity index (χ3n) is 6.95. The second-order valence-corrected chi connectivity index (χ2v) is 9.31. The van der Waals surface area contributed by atoms with Crippen LogP contribution in [0.2, 0.25) is 0 Å². The van der Waals surface area contributed by atoms with Crippen molar-refractivity contribution in [2.45, 2.75) is 45.4 Å². The Labute approximate surface area is 205 Å². The van der Waals surface area contributed by atoms with Crippen LogP contribution in [0.4, 0.5) is 14.7 Å². The van der Waals surface area contributed by atoms with E-state index in [1.165, 1.54) is 6.07 Å². The van der Waals surface area contributed by atoms with E-state index in [1.807, 2.05) is 24.5 Å². The van der Waals surface area contributed by atoms with Crippen molar-refractivity contribution in [2.24, 2.45) is 11.8 Å². The molecule has 2 aromatic rings. The maximum atomic E-state index is 14.8. The van der Waals surface area contributed by atoms with Gasteiger partial charge in [-0.3, -0.25) is 4.79 Å². The number of ether oxygens (including phenoxy) is 1. The minimum Gasteiger partial charge on any atom is -0.490 e. The highest BCUT2D eigenvalue weighted by Crippen LogP contribution is 2.32. The fourth-order valence-electron chi connectivity index (χ4n) is 4.67. The summed E-state index contributed by atoms with van der Waals surface area (Å²) in [6.45, 7) is 3.79. The number of hydrogen-bond acceptors (Lipinski definition) is 5. The van der Waals surface area contributed by atoms with Crippen molar-refractivity contribution in [1.29, 1.82) is 0 Å². The van der Waals surface area contributed by atoms with Gasteiger partial charge in [-0.15, -0.1) is 0 Å². The lowest BCUT2D eigenvalue weighted by molar-refractivity contribution is -0.125. The highest BCUT2D eigenvalue weighted by Gasteiger charge is 2.24. The van der Waals surface area contributed by atoms with E-state index in [0.29, 0.717) is 31.8 Å². The molecule has 1 aliphatic carbocycles. The Hall–Kier alpha value is -3.03. The molecular formula is C27H34F2N4O2. The predicted molar refractivity (Wildman–Crippen MR) is 133 cm³/mol. The fourth-order valence-corrected chi connectivity index (χ4v) is 4.67. The first kappa shape index (κ1) is 25.1. The van der Waals surface area contributed by atoms with Gasteiger partial charge in [0.2, 0.25) is 11.9 Å². The van der Waals surface area contributed by atoms with Gasteiger partial charge in [-0.25, -0.2) is 18.7 Å². The van der Waals surface area contributed by atoms with Gasteiger partial charge in [-0.2, -0.15) is 0 Å². The first-order valence-electron chi connectivity index (χ1n) is 12.6. The molecule has 0 saturated carbocycles. The van der Waals surface area contributed by atoms with Gasteiger partial charge in [0.25, 0.3) is 0 Å². The molecule has 1 saturated heterocycles. The Kier molecular flexibility index (Phi) is 8.66. The number of allylic oxidation sites excluding steroid dienone is 2. The monoisotopic (exact) mass is 484 g/mol. The number of amides is 1. The summed E-state index contributed by atoms with van der Waals surface area (Å²) in [6.07, 6.45) is 10.5. The van der Waals surface area contributed by atoms with E-state index in [9.17, 15) is 13.6 Å². The first-order chi connectivity index (χ1) is 17.1. The Morgan fingerprint density at radius 1 is 1.20 bits per heavy atom. The molecule has 1 aromatic heterocycles. The van der Waals surface area contributed by atoms with Crippen LogP contribution >= 0.6 is 0 Å². The van der Waals surface area contributed by atoms with E-state index >= 15 is 0 Å². The minimum absolute atomic E-state index is 0.0545. The summed E-state index contributed by atoms with van der Waals surface area (Å²) in [5, 5.41) is 2.60. The largest absolute Gasteiger partial charge is 0.490 e. The maximum absolute atomic E-state index is 14.8. The molecule has 35 heavy (non-hydrogen) atoms. The molecule has 8 heteroatoms. The van der Waals surface area contributed by atoms with Crippen LogP contribution in [0.5, 0.6) is 5.75 Å². The van der Waals surface area contributed by atoms with E-state index in [-0.39, 0.29) is 29.9 Å². The number of aromatic nitrogens is 2. The van der Waals surface area contributed by atoms with Gasteiger partial charge in [0.05, 0.1) is 6.61 Å². The zero-order chi connectivity index (χ0) is 24.6. The molecule has 1 fully saturated rings. The van der Waals surface area contributed by atoms with E-state index in [2.05, 4.69) is 27.1 Å². The molecule has 0 bridgehead atoms. The Morgan fingerprint density at radius 3 is 2.60 bits per heavy atom. The quantitative estimate of drug-likeness (QED) is 0.557. The zero-order valence-corrected chi connectivity index (χ0v) is 20.3. The lowest BCUT2D eigenvalue weighted by Gasteiger charge is -2.31. The van der Waals surface area contributed by atoms with Crippen molar-refractivity contribution in [3.63, 3.8) is 0 Å². The van der Waals surface area contributed by atoms with Crippen LogP contribution in [0, 0.1) is 17.7 Å². The van der Waals surface area contributed by atoms with Crippen molar-refractivity contribution in [1.82, 2.24) is 15.3 Å². The standard InChI is InChI=1S/C27H34F2N4O2/c1-2-19-16-31-27(32-17-19)33-13-9-20(10-14-33)18-35-25-8-7-23(15-24(25)29)21-3-5-22(6-4-21)26(34)30-12-11-28/h3,7-8,15-17,20,22H,2,4-6,9-14,18H2,1H3,(H,30,34). The van der Waals surface area contributed by atoms with Crippen LogP contribution in [0.25, 0.3) is 5.57 Å². The average molecular weight is 485 g/mol. The Balaban J connectivity index is 1.25. The normalized spacial score (nSPS) is 18.8. The predicted octanol–water partition coefficient (Wildman–Crippen LogP) is 4.74. The van der Waals surface area contributed by atoms with Crippen molar-refractivity contribution in [3.05, 3.63) is 53.6 Å². The highest BCUT2D eigenvalue weighted by atomic mass is 19.1. The third-order valence-corrected chi connectivity index (χ3v) is 6.95. The van der Waals surface area contributed by atoms with Crippen molar-refractivity contribution in [2.75, 3.05) is 37.8 Å². The summed E-state index contributed by atoms with van der Waals surface area (Å²) in [5.41, 5.74) is 2.98. The van der Waals surface area contributed by atoms with Crippen LogP contribution in [-0.2, 0) is 11.2 Å². The third kappa shape index (κ3) is 6.55. The van der Waals surface area contributed by atoms with E-state index in [1.54, 1.807) is 6.07 Å². The summed E-state index contributed by atoms with van der Waals surface area (Å²) in [6, 6.07) is 5.10. The molecule has 1 amide bonds. The number of nitrogens with one attached hydrogen (secondary N) is 1. The number of carbonyl (C=O) groups excluding carboxylic acids is 1. The van der Waals surface area contributed by atoms with Crippen molar-refractivity contribution >= 4 is 17.4 Å². The van der Waals surface area contributed by atoms with Gasteiger partial charge in [0.1, 0.15) is 6.67 Å². The van der Waals surface area contributed by atoms with Crippen LogP contribution in [0.1, 0.15) is 50.2 Å². The molecular weight excluding hydrogens is 450 g/mol. The summed E-state index contributed by atoms with van der Waals surface area (Å²) >= 11 is 0. The number of benzene rings is 1. The number of rotatable bonds is 9. The maximum Gasteiger partial charge on any atom is 0.225 e. The van der Waals surface area contributed by atoms with E-state index < -0.39 is 6.67 Å². The van der Waals surface area contributed by atoms with Crippen LogP contribution in [0.3, 0.4) is 0 Å². The minimum atomic E-state index is -0.561. The van der Waals surface area contributed by atoms with Crippen molar-refractivity contribution in [3.8, 4) is 5.75 Å². The number of aryl methyl sites for hydroxylation is 1. The van der Waals surface area contributed by atoms with Crippen LogP contribution in [-0.4, -0.2) is 48.8 Å². The molecule has 2 aliphatic rings. The molecule has 1 aromatic carbocycles. The fraction of sp³-hybridized carbons (Fsp3) is 0.519. The summed E-state index contributed by atoms with van der Waals surface area (Å²) in [7, 11) is 0. The first-order valence-corrected chi connectivity index (χ1v) is 12.6.